The van der Waals surface area contributed by atoms with Crippen LogP contribution in [0.2, 0.25) is 0 Å². The van der Waals surface area contributed by atoms with E-state index in [4.69, 9.17) is 5.73 Å². The van der Waals surface area contributed by atoms with E-state index >= 15 is 0 Å². The summed E-state index contributed by atoms with van der Waals surface area (Å²) in [7, 11) is 0. The third kappa shape index (κ3) is 5.00. The molecule has 31 heavy (non-hydrogen) atoms. The first-order chi connectivity index (χ1) is 14.8. The Morgan fingerprint density at radius 3 is 2.68 bits per heavy atom. The Balaban J connectivity index is 1.94. The molecule has 0 spiro atoms. The quantitative estimate of drug-likeness (QED) is 0.547. The number of nitrogens with zero attached hydrogens (tertiary/aromatic N) is 6. The molecule has 1 saturated carbocycles. The van der Waals surface area contributed by atoms with Gasteiger partial charge < -0.3 is 10.6 Å². The average molecular weight is 451 g/mol. The highest BCUT2D eigenvalue weighted by molar-refractivity contribution is 7.99. The second-order valence-corrected chi connectivity index (χ2v) is 8.93. The number of nitrogens with one attached hydrogen (secondary N) is 1. The summed E-state index contributed by atoms with van der Waals surface area (Å²) in [6.45, 7) is 6.29. The molecule has 0 aliphatic heterocycles. The fraction of sp³-hybridized carbons (Fsp3) is 0.684. The first-order valence-electron chi connectivity index (χ1n) is 10.7. The zero-order chi connectivity index (χ0) is 22.5. The maximum absolute atomic E-state index is 13.4. The van der Waals surface area contributed by atoms with Crippen LogP contribution in [0.15, 0.2) is 14.7 Å². The number of amides is 1. The van der Waals surface area contributed by atoms with E-state index in [0.717, 1.165) is 38.5 Å². The predicted octanol–water partition coefficient (Wildman–Crippen LogP) is 1.55. The van der Waals surface area contributed by atoms with Gasteiger partial charge in [0.2, 0.25) is 11.1 Å². The number of aromatic nitrogens is 6. The predicted molar refractivity (Wildman–Crippen MR) is 119 cm³/mol. The van der Waals surface area contributed by atoms with E-state index in [1.807, 2.05) is 20.8 Å². The topological polar surface area (TPSA) is 145 Å². The maximum atomic E-state index is 13.4. The molecule has 1 aliphatic rings. The summed E-state index contributed by atoms with van der Waals surface area (Å²) in [6, 6.07) is -0.0751. The van der Waals surface area contributed by atoms with Gasteiger partial charge in [0.05, 0.1) is 11.8 Å². The summed E-state index contributed by atoms with van der Waals surface area (Å²) in [5, 5.41) is 12.2. The molecule has 0 unspecified atom stereocenters. The van der Waals surface area contributed by atoms with Crippen LogP contribution in [0.5, 0.6) is 0 Å². The number of unbranched alkanes of at least 4 members (excludes halogenated alkanes) is 1. The molecular weight excluding hydrogens is 420 g/mol. The van der Waals surface area contributed by atoms with Crippen molar-refractivity contribution in [2.75, 3.05) is 16.4 Å². The molecular formula is C19H30N8O3S. The molecule has 3 rings (SSSR count). The molecule has 3 N–H and O–H groups in total. The summed E-state index contributed by atoms with van der Waals surface area (Å²) in [5.41, 5.74) is 5.18. The van der Waals surface area contributed by atoms with Crippen molar-refractivity contribution in [2.45, 2.75) is 83.1 Å². The fourth-order valence-corrected chi connectivity index (χ4v) is 4.69. The van der Waals surface area contributed by atoms with Crippen LogP contribution in [0.1, 0.15) is 65.3 Å². The minimum atomic E-state index is -0.632. The van der Waals surface area contributed by atoms with Gasteiger partial charge in [-0.2, -0.15) is 0 Å². The van der Waals surface area contributed by atoms with E-state index in [1.165, 1.54) is 21.2 Å². The van der Waals surface area contributed by atoms with Crippen LogP contribution in [-0.2, 0) is 11.3 Å². The molecule has 1 amide bonds. The smallest absolute Gasteiger partial charge is 0.330 e. The summed E-state index contributed by atoms with van der Waals surface area (Å²) < 4.78 is 2.99. The van der Waals surface area contributed by atoms with Crippen LogP contribution in [0.25, 0.3) is 0 Å². The molecule has 2 aromatic rings. The van der Waals surface area contributed by atoms with Gasteiger partial charge in [0.15, 0.2) is 5.69 Å². The van der Waals surface area contributed by atoms with Gasteiger partial charge >= 0.3 is 5.69 Å². The lowest BCUT2D eigenvalue weighted by atomic mass is 10.2. The number of anilines is 2. The average Bonchev–Trinajstić information content (AvgIpc) is 3.41. The molecule has 1 aliphatic carbocycles. The molecule has 1 fully saturated rings. The molecule has 0 atom stereocenters. The van der Waals surface area contributed by atoms with Crippen LogP contribution < -0.4 is 21.9 Å². The van der Waals surface area contributed by atoms with Crippen molar-refractivity contribution in [2.24, 2.45) is 0 Å². The maximum Gasteiger partial charge on any atom is 0.330 e. The lowest BCUT2D eigenvalue weighted by molar-refractivity contribution is -0.116. The van der Waals surface area contributed by atoms with Crippen molar-refractivity contribution in [1.82, 2.24) is 29.8 Å². The van der Waals surface area contributed by atoms with E-state index in [-0.39, 0.29) is 35.2 Å². The number of rotatable bonds is 9. The van der Waals surface area contributed by atoms with Crippen molar-refractivity contribution in [1.29, 1.82) is 0 Å². The lowest BCUT2D eigenvalue weighted by Gasteiger charge is -2.29. The monoisotopic (exact) mass is 450 g/mol. The van der Waals surface area contributed by atoms with Crippen LogP contribution in [0, 0.1) is 0 Å². The number of nitrogen functional groups attached to an aromatic ring is 1. The lowest BCUT2D eigenvalue weighted by Crippen LogP contribution is -2.46. The number of carbonyl (C=O) groups excluding carboxylic acids is 1. The van der Waals surface area contributed by atoms with Crippen LogP contribution in [0.4, 0.5) is 11.5 Å². The minimum absolute atomic E-state index is 0.0412. The number of hydrogen-bond acceptors (Lipinski definition) is 8. The molecule has 0 aromatic carbocycles. The summed E-state index contributed by atoms with van der Waals surface area (Å²) in [5.74, 6) is -0.163. The number of nitrogens with two attached hydrogens (primary N) is 1. The van der Waals surface area contributed by atoms with Gasteiger partial charge in [-0.05, 0) is 43.5 Å². The number of aromatic amines is 1. The third-order valence-corrected chi connectivity index (χ3v) is 6.34. The highest BCUT2D eigenvalue weighted by Gasteiger charge is 2.32. The van der Waals surface area contributed by atoms with E-state index in [1.54, 1.807) is 4.68 Å². The van der Waals surface area contributed by atoms with Gasteiger partial charge in [-0.3, -0.25) is 19.1 Å². The van der Waals surface area contributed by atoms with E-state index in [2.05, 4.69) is 20.5 Å². The van der Waals surface area contributed by atoms with Gasteiger partial charge in [-0.1, -0.05) is 37.9 Å². The zero-order valence-corrected chi connectivity index (χ0v) is 19.0. The number of hydrogen-bond donors (Lipinski definition) is 2. The fourth-order valence-electron chi connectivity index (χ4n) is 3.82. The number of thioether (sulfide) groups is 1. The molecule has 2 aromatic heterocycles. The van der Waals surface area contributed by atoms with Crippen molar-refractivity contribution in [3.05, 3.63) is 20.8 Å². The van der Waals surface area contributed by atoms with Gasteiger partial charge in [-0.25, -0.2) is 9.48 Å². The SMILES string of the molecule is CCCCn1c(N)c(N(C(=O)CSc2nnnn2C(C)C)C2CCCC2)c(=O)[nH]c1=O. The highest BCUT2D eigenvalue weighted by atomic mass is 32.2. The molecule has 0 saturated heterocycles. The summed E-state index contributed by atoms with van der Waals surface area (Å²) >= 11 is 1.22. The summed E-state index contributed by atoms with van der Waals surface area (Å²) in [6.07, 6.45) is 5.12. The molecule has 2 heterocycles. The molecule has 0 radical (unpaired) electrons. The van der Waals surface area contributed by atoms with Crippen LogP contribution in [0.3, 0.4) is 0 Å². The normalized spacial score (nSPS) is 14.5. The number of tetrazole rings is 1. The molecule has 12 heteroatoms. The van der Waals surface area contributed by atoms with E-state index in [0.29, 0.717) is 11.7 Å². The molecule has 170 valence electrons. The van der Waals surface area contributed by atoms with Crippen molar-refractivity contribution in [3.63, 3.8) is 0 Å². The highest BCUT2D eigenvalue weighted by Crippen LogP contribution is 2.30. The van der Waals surface area contributed by atoms with Gasteiger partial charge in [0.25, 0.3) is 5.56 Å². The van der Waals surface area contributed by atoms with Gasteiger partial charge in [-0.15, -0.1) is 5.10 Å². The van der Waals surface area contributed by atoms with Crippen molar-refractivity contribution < 1.29 is 4.79 Å². The Bertz CT molecular complexity index is 1020. The Kier molecular flexibility index (Phi) is 7.52. The van der Waals surface area contributed by atoms with E-state index in [9.17, 15) is 14.4 Å². The third-order valence-electron chi connectivity index (χ3n) is 5.43. The standard InChI is InChI=1S/C19H30N8O3S/c1-4-5-10-25-16(20)15(17(29)21-18(25)30)26(13-8-6-7-9-13)14(28)11-31-19-22-23-24-27(19)12(2)3/h12-13H,4-11,20H2,1-3H3,(H,21,29,30). The van der Waals surface area contributed by atoms with Crippen LogP contribution >= 0.6 is 11.8 Å². The first kappa shape index (κ1) is 23.0. The second kappa shape index (κ2) is 10.1. The molecule has 0 bridgehead atoms. The Hall–Kier alpha value is -2.63. The van der Waals surface area contributed by atoms with E-state index < -0.39 is 11.2 Å². The largest absolute Gasteiger partial charge is 0.383 e. The summed E-state index contributed by atoms with van der Waals surface area (Å²) in [4.78, 5) is 42.3. The van der Waals surface area contributed by atoms with Gasteiger partial charge in [0, 0.05) is 12.6 Å². The zero-order valence-electron chi connectivity index (χ0n) is 18.2. The Labute approximate surface area is 184 Å². The van der Waals surface area contributed by atoms with Gasteiger partial charge in [0.1, 0.15) is 5.82 Å². The van der Waals surface area contributed by atoms with Crippen LogP contribution in [-0.4, -0.2) is 47.5 Å². The Morgan fingerprint density at radius 2 is 2.03 bits per heavy atom. The van der Waals surface area contributed by atoms with Crippen molar-refractivity contribution >= 4 is 29.2 Å². The number of H-pyrrole nitrogens is 1. The minimum Gasteiger partial charge on any atom is -0.383 e. The molecule has 11 nitrogen and oxygen atoms in total. The Morgan fingerprint density at radius 1 is 1.32 bits per heavy atom. The second-order valence-electron chi connectivity index (χ2n) is 7.99. The first-order valence-corrected chi connectivity index (χ1v) is 11.7. The number of carbonyl (C=O) groups is 1. The van der Waals surface area contributed by atoms with Crippen molar-refractivity contribution in [3.8, 4) is 0 Å².